The van der Waals surface area contributed by atoms with E-state index in [0.29, 0.717) is 18.6 Å². The summed E-state index contributed by atoms with van der Waals surface area (Å²) < 4.78 is 5.49. The highest BCUT2D eigenvalue weighted by molar-refractivity contribution is 5.88. The molecule has 0 fully saturated rings. The first kappa shape index (κ1) is 19.5. The van der Waals surface area contributed by atoms with E-state index in [4.69, 9.17) is 9.84 Å². The van der Waals surface area contributed by atoms with E-state index in [1.807, 2.05) is 6.07 Å². The summed E-state index contributed by atoms with van der Waals surface area (Å²) >= 11 is 0. The standard InChI is InChI=1S/C21H30O4/c1-15(2)7-4-3-5-12-25-21(24)19-9-6-8-16-13-18(20(22)23)11-10-17(16)14-19/h10-11,13,15,19H,3-9,12,14H2,1-2H3,(H,22,23). The van der Waals surface area contributed by atoms with Crippen molar-refractivity contribution in [2.24, 2.45) is 11.8 Å². The van der Waals surface area contributed by atoms with Gasteiger partial charge in [-0.3, -0.25) is 4.79 Å². The number of fused-ring (bicyclic) bond motifs is 1. The van der Waals surface area contributed by atoms with Gasteiger partial charge in [0.15, 0.2) is 0 Å². The fourth-order valence-electron chi connectivity index (χ4n) is 3.42. The number of carbonyl (C=O) groups is 2. The van der Waals surface area contributed by atoms with Crippen LogP contribution in [0.4, 0.5) is 0 Å². The molecule has 1 aliphatic rings. The van der Waals surface area contributed by atoms with Crippen molar-refractivity contribution in [3.8, 4) is 0 Å². The summed E-state index contributed by atoms with van der Waals surface area (Å²) in [5.74, 6) is -0.373. The molecule has 0 amide bonds. The number of rotatable bonds is 8. The molecule has 1 unspecified atom stereocenters. The molecule has 0 saturated heterocycles. The Morgan fingerprint density at radius 1 is 1.20 bits per heavy atom. The van der Waals surface area contributed by atoms with Gasteiger partial charge in [-0.05, 0) is 61.3 Å². The fourth-order valence-corrected chi connectivity index (χ4v) is 3.42. The van der Waals surface area contributed by atoms with Gasteiger partial charge in [0, 0.05) is 0 Å². The molecule has 25 heavy (non-hydrogen) atoms. The molecule has 4 nitrogen and oxygen atoms in total. The Kier molecular flexibility index (Phi) is 7.48. The summed E-state index contributed by atoms with van der Waals surface area (Å²) in [7, 11) is 0. The molecule has 0 aliphatic heterocycles. The first-order valence-electron chi connectivity index (χ1n) is 9.49. The van der Waals surface area contributed by atoms with E-state index < -0.39 is 5.97 Å². The van der Waals surface area contributed by atoms with Gasteiger partial charge in [-0.2, -0.15) is 0 Å². The Labute approximate surface area is 150 Å². The fraction of sp³-hybridized carbons (Fsp3) is 0.619. The zero-order valence-electron chi connectivity index (χ0n) is 15.4. The Bertz CT molecular complexity index is 592. The smallest absolute Gasteiger partial charge is 0.335 e. The highest BCUT2D eigenvalue weighted by atomic mass is 16.5. The molecule has 1 aromatic carbocycles. The predicted octanol–water partition coefficient (Wildman–Crippen LogP) is 4.64. The van der Waals surface area contributed by atoms with E-state index in [9.17, 15) is 9.59 Å². The lowest BCUT2D eigenvalue weighted by molar-refractivity contribution is -0.148. The van der Waals surface area contributed by atoms with Crippen LogP contribution in [0.25, 0.3) is 0 Å². The van der Waals surface area contributed by atoms with Crippen molar-refractivity contribution in [3.63, 3.8) is 0 Å². The van der Waals surface area contributed by atoms with Crippen LogP contribution in [0.2, 0.25) is 0 Å². The monoisotopic (exact) mass is 346 g/mol. The quantitative estimate of drug-likeness (QED) is 0.423. The van der Waals surface area contributed by atoms with E-state index in [2.05, 4.69) is 13.8 Å². The van der Waals surface area contributed by atoms with Crippen LogP contribution in [0.3, 0.4) is 0 Å². The average molecular weight is 346 g/mol. The summed E-state index contributed by atoms with van der Waals surface area (Å²) in [5, 5.41) is 9.11. The van der Waals surface area contributed by atoms with Crippen molar-refractivity contribution in [2.45, 2.75) is 65.2 Å². The largest absolute Gasteiger partial charge is 0.478 e. The van der Waals surface area contributed by atoms with Gasteiger partial charge in [0.2, 0.25) is 0 Å². The van der Waals surface area contributed by atoms with Gasteiger partial charge in [0.05, 0.1) is 18.1 Å². The number of carbonyl (C=O) groups excluding carboxylic acids is 1. The molecular formula is C21H30O4. The highest BCUT2D eigenvalue weighted by Gasteiger charge is 2.24. The van der Waals surface area contributed by atoms with Crippen molar-refractivity contribution in [1.29, 1.82) is 0 Å². The van der Waals surface area contributed by atoms with Crippen molar-refractivity contribution < 1.29 is 19.4 Å². The number of esters is 1. The van der Waals surface area contributed by atoms with Crippen LogP contribution < -0.4 is 0 Å². The van der Waals surface area contributed by atoms with Crippen molar-refractivity contribution in [2.75, 3.05) is 6.61 Å². The number of aryl methyl sites for hydroxylation is 1. The molecule has 2 rings (SSSR count). The maximum atomic E-state index is 12.4. The lowest BCUT2D eigenvalue weighted by atomic mass is 9.96. The first-order chi connectivity index (χ1) is 12.0. The van der Waals surface area contributed by atoms with E-state index in [-0.39, 0.29) is 11.9 Å². The summed E-state index contributed by atoms with van der Waals surface area (Å²) in [5.41, 5.74) is 2.46. The number of unbranched alkanes of at least 4 members (excludes halogenated alkanes) is 2. The highest BCUT2D eigenvalue weighted by Crippen LogP contribution is 2.26. The number of hydrogen-bond donors (Lipinski definition) is 1. The second-order valence-electron chi connectivity index (χ2n) is 7.49. The van der Waals surface area contributed by atoms with Crippen LogP contribution in [0, 0.1) is 11.8 Å². The van der Waals surface area contributed by atoms with E-state index >= 15 is 0 Å². The van der Waals surface area contributed by atoms with Crippen molar-refractivity contribution >= 4 is 11.9 Å². The normalized spacial score (nSPS) is 17.0. The molecule has 0 spiro atoms. The number of benzene rings is 1. The lowest BCUT2D eigenvalue weighted by Gasteiger charge is -2.14. The third kappa shape index (κ3) is 6.18. The minimum absolute atomic E-state index is 0.0981. The van der Waals surface area contributed by atoms with Gasteiger partial charge in [-0.15, -0.1) is 0 Å². The molecule has 4 heteroatoms. The van der Waals surface area contributed by atoms with Gasteiger partial charge < -0.3 is 9.84 Å². The Morgan fingerprint density at radius 2 is 2.00 bits per heavy atom. The van der Waals surface area contributed by atoms with E-state index in [1.54, 1.807) is 12.1 Å². The number of aromatic carboxylic acids is 1. The van der Waals surface area contributed by atoms with Crippen LogP contribution in [-0.2, 0) is 22.4 Å². The molecule has 138 valence electrons. The second-order valence-corrected chi connectivity index (χ2v) is 7.49. The number of hydrogen-bond acceptors (Lipinski definition) is 3. The summed E-state index contributed by atoms with van der Waals surface area (Å²) in [6.07, 6.45) is 7.65. The molecule has 1 aliphatic carbocycles. The zero-order chi connectivity index (χ0) is 18.2. The minimum Gasteiger partial charge on any atom is -0.478 e. The second kappa shape index (κ2) is 9.59. The third-order valence-corrected chi connectivity index (χ3v) is 4.92. The van der Waals surface area contributed by atoms with Crippen LogP contribution in [-0.4, -0.2) is 23.7 Å². The molecule has 1 N–H and O–H groups in total. The van der Waals surface area contributed by atoms with Crippen LogP contribution >= 0.6 is 0 Å². The number of ether oxygens (including phenoxy) is 1. The average Bonchev–Trinajstić information content (AvgIpc) is 2.79. The summed E-state index contributed by atoms with van der Waals surface area (Å²) in [4.78, 5) is 23.5. The molecule has 0 heterocycles. The Hall–Kier alpha value is -1.84. The minimum atomic E-state index is -0.902. The lowest BCUT2D eigenvalue weighted by Crippen LogP contribution is -2.20. The molecular weight excluding hydrogens is 316 g/mol. The van der Waals surface area contributed by atoms with Crippen LogP contribution in [0.1, 0.15) is 73.9 Å². The van der Waals surface area contributed by atoms with E-state index in [1.165, 1.54) is 12.8 Å². The number of carboxylic acid groups (broad SMARTS) is 1. The predicted molar refractivity (Wildman–Crippen MR) is 97.8 cm³/mol. The van der Waals surface area contributed by atoms with Crippen molar-refractivity contribution in [3.05, 3.63) is 34.9 Å². The Morgan fingerprint density at radius 3 is 2.72 bits per heavy atom. The van der Waals surface area contributed by atoms with Gasteiger partial charge in [0.1, 0.15) is 0 Å². The third-order valence-electron chi connectivity index (χ3n) is 4.92. The van der Waals surface area contributed by atoms with E-state index in [0.717, 1.165) is 49.1 Å². The van der Waals surface area contributed by atoms with Crippen LogP contribution in [0.5, 0.6) is 0 Å². The zero-order valence-corrected chi connectivity index (χ0v) is 15.4. The summed E-state index contributed by atoms with van der Waals surface area (Å²) in [6, 6.07) is 5.24. The van der Waals surface area contributed by atoms with Gasteiger partial charge in [-0.25, -0.2) is 4.79 Å². The maximum absolute atomic E-state index is 12.4. The SMILES string of the molecule is CC(C)CCCCCOC(=O)C1CCCc2cc(C(=O)O)ccc2C1. The summed E-state index contributed by atoms with van der Waals surface area (Å²) in [6.45, 7) is 4.96. The maximum Gasteiger partial charge on any atom is 0.335 e. The number of carboxylic acids is 1. The molecule has 0 radical (unpaired) electrons. The first-order valence-corrected chi connectivity index (χ1v) is 9.49. The van der Waals surface area contributed by atoms with Gasteiger partial charge in [0.25, 0.3) is 0 Å². The molecule has 0 bridgehead atoms. The van der Waals surface area contributed by atoms with Gasteiger partial charge >= 0.3 is 11.9 Å². The molecule has 0 aromatic heterocycles. The molecule has 1 aromatic rings. The van der Waals surface area contributed by atoms with Gasteiger partial charge in [-0.1, -0.05) is 39.2 Å². The molecule has 0 saturated carbocycles. The van der Waals surface area contributed by atoms with Crippen molar-refractivity contribution in [1.82, 2.24) is 0 Å². The Balaban J connectivity index is 1.82. The molecule has 1 atom stereocenters. The van der Waals surface area contributed by atoms with Crippen LogP contribution in [0.15, 0.2) is 18.2 Å². The topological polar surface area (TPSA) is 63.6 Å².